The number of fused-ring (bicyclic) bond motifs is 1. The molecule has 17 heavy (non-hydrogen) atoms. The molecular weight excluding hydrogens is 250 g/mol. The van der Waals surface area contributed by atoms with Gasteiger partial charge in [0.2, 0.25) is 0 Å². The average Bonchev–Trinajstić information content (AvgIpc) is 2.84. The molecule has 1 N–H and O–H groups in total. The van der Waals surface area contributed by atoms with Crippen LogP contribution in [0.5, 0.6) is 0 Å². The highest BCUT2D eigenvalue weighted by atomic mass is 32.1. The van der Waals surface area contributed by atoms with Crippen LogP contribution in [0, 0.1) is 10.7 Å². The lowest BCUT2D eigenvalue weighted by atomic mass is 9.88. The Morgan fingerprint density at radius 3 is 3.12 bits per heavy atom. The maximum atomic E-state index is 5.17. The second kappa shape index (κ2) is 4.07. The first-order chi connectivity index (χ1) is 8.16. The van der Waals surface area contributed by atoms with Crippen molar-refractivity contribution in [2.75, 3.05) is 0 Å². The van der Waals surface area contributed by atoms with Crippen LogP contribution in [0.25, 0.3) is 11.4 Å². The Labute approximate surface area is 109 Å². The molecule has 1 atom stereocenters. The van der Waals surface area contributed by atoms with Gasteiger partial charge in [-0.05, 0) is 43.0 Å². The zero-order valence-corrected chi connectivity index (χ0v) is 11.6. The molecule has 0 spiro atoms. The van der Waals surface area contributed by atoms with E-state index in [9.17, 15) is 0 Å². The highest BCUT2D eigenvalue weighted by Crippen LogP contribution is 2.37. The van der Waals surface area contributed by atoms with Crippen LogP contribution in [0.1, 0.15) is 23.8 Å². The van der Waals surface area contributed by atoms with E-state index in [0.29, 0.717) is 4.77 Å². The number of nitrogens with one attached hydrogen (secondary N) is 1. The van der Waals surface area contributed by atoms with Gasteiger partial charge < -0.3 is 4.57 Å². The smallest absolute Gasteiger partial charge is 0.195 e. The summed E-state index contributed by atoms with van der Waals surface area (Å²) in [4.78, 5) is 1.53. The monoisotopic (exact) mass is 265 g/mol. The molecular formula is C12H15N3S2. The molecule has 1 aliphatic carbocycles. The summed E-state index contributed by atoms with van der Waals surface area (Å²) in [6, 6.07) is 0. The summed E-state index contributed by atoms with van der Waals surface area (Å²) in [5.74, 6) is 1.79. The predicted molar refractivity (Wildman–Crippen MR) is 72.9 cm³/mol. The van der Waals surface area contributed by atoms with E-state index in [1.54, 1.807) is 0 Å². The third-order valence-electron chi connectivity index (χ3n) is 3.52. The molecule has 2 heterocycles. The molecule has 0 saturated carbocycles. The Bertz CT molecular complexity index is 606. The van der Waals surface area contributed by atoms with Crippen LogP contribution >= 0.6 is 23.6 Å². The Morgan fingerprint density at radius 1 is 1.59 bits per heavy atom. The van der Waals surface area contributed by atoms with Gasteiger partial charge in [-0.25, -0.2) is 0 Å². The van der Waals surface area contributed by atoms with Crippen molar-refractivity contribution in [1.29, 1.82) is 0 Å². The third kappa shape index (κ3) is 1.77. The normalized spacial score (nSPS) is 19.3. The number of nitrogens with zero attached hydrogens (tertiary/aromatic N) is 2. The first kappa shape index (κ1) is 11.2. The van der Waals surface area contributed by atoms with Crippen molar-refractivity contribution >= 4 is 23.6 Å². The minimum Gasteiger partial charge on any atom is -0.303 e. The van der Waals surface area contributed by atoms with Crippen LogP contribution in [-0.4, -0.2) is 14.8 Å². The van der Waals surface area contributed by atoms with Gasteiger partial charge in [-0.3, -0.25) is 5.10 Å². The number of hydrogen-bond acceptors (Lipinski definition) is 3. The van der Waals surface area contributed by atoms with Crippen LogP contribution in [0.3, 0.4) is 0 Å². The van der Waals surface area contributed by atoms with Crippen molar-refractivity contribution < 1.29 is 0 Å². The number of rotatable bonds is 1. The lowest BCUT2D eigenvalue weighted by molar-refractivity contribution is 0.508. The van der Waals surface area contributed by atoms with Gasteiger partial charge in [-0.1, -0.05) is 6.92 Å². The van der Waals surface area contributed by atoms with E-state index in [1.165, 1.54) is 35.3 Å². The largest absolute Gasteiger partial charge is 0.303 e. The molecule has 0 amide bonds. The van der Waals surface area contributed by atoms with Gasteiger partial charge in [-0.15, -0.1) is 11.3 Å². The maximum absolute atomic E-state index is 5.17. The minimum absolute atomic E-state index is 0.684. The van der Waals surface area contributed by atoms with Gasteiger partial charge in [0.05, 0.1) is 0 Å². The van der Waals surface area contributed by atoms with Gasteiger partial charge >= 0.3 is 0 Å². The van der Waals surface area contributed by atoms with Crippen molar-refractivity contribution in [3.8, 4) is 11.4 Å². The SMILES string of the molecule is CC1CCc2c(-c3n[nH]c(=S)n3C)csc2C1. The summed E-state index contributed by atoms with van der Waals surface area (Å²) >= 11 is 7.04. The van der Waals surface area contributed by atoms with Crippen molar-refractivity contribution in [2.45, 2.75) is 26.2 Å². The molecule has 0 bridgehead atoms. The Kier molecular flexibility index (Phi) is 2.67. The topological polar surface area (TPSA) is 33.6 Å². The van der Waals surface area contributed by atoms with Crippen LogP contribution in [-0.2, 0) is 19.9 Å². The fraction of sp³-hybridized carbons (Fsp3) is 0.500. The quantitative estimate of drug-likeness (QED) is 0.802. The Balaban J connectivity index is 2.11. The lowest BCUT2D eigenvalue weighted by Crippen LogP contribution is -2.09. The number of H-pyrrole nitrogens is 1. The molecule has 90 valence electrons. The van der Waals surface area contributed by atoms with Crippen LogP contribution in [0.4, 0.5) is 0 Å². The number of aromatic nitrogens is 3. The maximum Gasteiger partial charge on any atom is 0.195 e. The molecule has 0 aromatic carbocycles. The standard InChI is InChI=1S/C12H15N3S2/c1-7-3-4-8-9(6-17-10(8)5-7)11-13-14-12(16)15(11)2/h6-7H,3-5H2,1-2H3,(H,14,16). The van der Waals surface area contributed by atoms with Crippen LogP contribution < -0.4 is 0 Å². The zero-order chi connectivity index (χ0) is 12.0. The van der Waals surface area contributed by atoms with Gasteiger partial charge in [0, 0.05) is 22.9 Å². The van der Waals surface area contributed by atoms with Crippen molar-refractivity contribution in [3.05, 3.63) is 20.6 Å². The fourth-order valence-corrected chi connectivity index (χ4v) is 3.83. The number of aromatic amines is 1. The molecule has 1 aliphatic rings. The fourth-order valence-electron chi connectivity index (χ4n) is 2.45. The van der Waals surface area contributed by atoms with E-state index in [-0.39, 0.29) is 0 Å². The van der Waals surface area contributed by atoms with E-state index in [2.05, 4.69) is 22.5 Å². The van der Waals surface area contributed by atoms with E-state index in [4.69, 9.17) is 12.2 Å². The van der Waals surface area contributed by atoms with Crippen molar-refractivity contribution in [2.24, 2.45) is 13.0 Å². The molecule has 0 aliphatic heterocycles. The second-order valence-electron chi connectivity index (χ2n) is 4.81. The molecule has 0 saturated heterocycles. The average molecular weight is 265 g/mol. The van der Waals surface area contributed by atoms with Crippen LogP contribution in [0.15, 0.2) is 5.38 Å². The van der Waals surface area contributed by atoms with Gasteiger partial charge in [0.25, 0.3) is 0 Å². The molecule has 0 radical (unpaired) electrons. The van der Waals surface area contributed by atoms with Crippen molar-refractivity contribution in [1.82, 2.24) is 14.8 Å². The van der Waals surface area contributed by atoms with Crippen LogP contribution in [0.2, 0.25) is 0 Å². The van der Waals surface area contributed by atoms with Gasteiger partial charge in [0.15, 0.2) is 10.6 Å². The van der Waals surface area contributed by atoms with E-state index in [1.807, 2.05) is 23.0 Å². The highest BCUT2D eigenvalue weighted by molar-refractivity contribution is 7.71. The molecule has 2 aromatic heterocycles. The van der Waals surface area contributed by atoms with E-state index in [0.717, 1.165) is 11.7 Å². The summed E-state index contributed by atoms with van der Waals surface area (Å²) in [6.07, 6.45) is 3.68. The molecule has 1 unspecified atom stereocenters. The zero-order valence-electron chi connectivity index (χ0n) is 9.99. The molecule has 0 fully saturated rings. The van der Waals surface area contributed by atoms with Gasteiger partial charge in [0.1, 0.15) is 0 Å². The minimum atomic E-state index is 0.684. The first-order valence-electron chi connectivity index (χ1n) is 5.88. The lowest BCUT2D eigenvalue weighted by Gasteiger charge is -2.18. The molecule has 2 aromatic rings. The summed E-state index contributed by atoms with van der Waals surface area (Å²) in [7, 11) is 1.97. The summed E-state index contributed by atoms with van der Waals surface area (Å²) in [5.41, 5.74) is 2.76. The summed E-state index contributed by atoms with van der Waals surface area (Å²) in [5, 5.41) is 9.43. The Morgan fingerprint density at radius 2 is 2.41 bits per heavy atom. The van der Waals surface area contributed by atoms with Gasteiger partial charge in [-0.2, -0.15) is 5.10 Å². The molecule has 3 rings (SSSR count). The Hall–Kier alpha value is -0.940. The number of thiophene rings is 1. The first-order valence-corrected chi connectivity index (χ1v) is 7.16. The van der Waals surface area contributed by atoms with Crippen molar-refractivity contribution in [3.63, 3.8) is 0 Å². The third-order valence-corrected chi connectivity index (χ3v) is 4.94. The highest BCUT2D eigenvalue weighted by Gasteiger charge is 2.22. The summed E-state index contributed by atoms with van der Waals surface area (Å²) in [6.45, 7) is 2.33. The number of hydrogen-bond donors (Lipinski definition) is 1. The van der Waals surface area contributed by atoms with E-state index < -0.39 is 0 Å². The van der Waals surface area contributed by atoms with E-state index >= 15 is 0 Å². The molecule has 3 nitrogen and oxygen atoms in total. The summed E-state index contributed by atoms with van der Waals surface area (Å²) < 4.78 is 2.64. The molecule has 5 heteroatoms. The predicted octanol–water partition coefficient (Wildman–Crippen LogP) is 3.33. The second-order valence-corrected chi connectivity index (χ2v) is 6.16.